The Morgan fingerprint density at radius 3 is 3.00 bits per heavy atom. The molecule has 0 aromatic carbocycles. The van der Waals surface area contributed by atoms with Crippen molar-refractivity contribution in [3.05, 3.63) is 16.3 Å². The van der Waals surface area contributed by atoms with Crippen LogP contribution in [0.4, 0.5) is 5.82 Å². The lowest BCUT2D eigenvalue weighted by atomic mass is 9.89. The zero-order valence-corrected chi connectivity index (χ0v) is 14.4. The van der Waals surface area contributed by atoms with Crippen LogP contribution >= 0.6 is 11.3 Å². The van der Waals surface area contributed by atoms with Crippen molar-refractivity contribution in [2.45, 2.75) is 45.1 Å². The number of hydrogen-bond donors (Lipinski definition) is 2. The standard InChI is InChI=1S/C17H24N4OS/c1-10-2-3-12-13(8-10)23-17-15(12)16(18)19-14(20-17)5-7-21-6-4-11(22)9-21/h10-11,22H,2-9H2,1H3,(H2,18,19,20). The summed E-state index contributed by atoms with van der Waals surface area (Å²) in [5.74, 6) is 2.24. The first-order valence-electron chi connectivity index (χ1n) is 8.57. The van der Waals surface area contributed by atoms with E-state index in [9.17, 15) is 5.11 Å². The van der Waals surface area contributed by atoms with Gasteiger partial charge < -0.3 is 15.7 Å². The summed E-state index contributed by atoms with van der Waals surface area (Å²) < 4.78 is 0. The van der Waals surface area contributed by atoms with Gasteiger partial charge in [-0.1, -0.05) is 6.92 Å². The van der Waals surface area contributed by atoms with Crippen molar-refractivity contribution >= 4 is 27.4 Å². The smallest absolute Gasteiger partial charge is 0.136 e. The van der Waals surface area contributed by atoms with Crippen LogP contribution in [0.1, 0.15) is 36.0 Å². The van der Waals surface area contributed by atoms with Crippen LogP contribution in [-0.4, -0.2) is 45.7 Å². The topological polar surface area (TPSA) is 75.3 Å². The number of aryl methyl sites for hydroxylation is 1. The van der Waals surface area contributed by atoms with E-state index in [2.05, 4.69) is 16.8 Å². The van der Waals surface area contributed by atoms with Crippen LogP contribution in [-0.2, 0) is 19.3 Å². The minimum absolute atomic E-state index is 0.172. The Kier molecular flexibility index (Phi) is 3.99. The van der Waals surface area contributed by atoms with Crippen molar-refractivity contribution in [1.82, 2.24) is 14.9 Å². The van der Waals surface area contributed by atoms with Gasteiger partial charge >= 0.3 is 0 Å². The van der Waals surface area contributed by atoms with Gasteiger partial charge in [-0.05, 0) is 37.2 Å². The molecule has 0 radical (unpaired) electrons. The molecule has 23 heavy (non-hydrogen) atoms. The van der Waals surface area contributed by atoms with Crippen molar-refractivity contribution in [1.29, 1.82) is 0 Å². The summed E-state index contributed by atoms with van der Waals surface area (Å²) >= 11 is 1.81. The Hall–Kier alpha value is -1.24. The second kappa shape index (κ2) is 6.00. The number of aliphatic hydroxyl groups excluding tert-OH is 1. The lowest BCUT2D eigenvalue weighted by Gasteiger charge is -2.17. The predicted octanol–water partition coefficient (Wildman–Crippen LogP) is 2.01. The van der Waals surface area contributed by atoms with Gasteiger partial charge in [-0.25, -0.2) is 9.97 Å². The van der Waals surface area contributed by atoms with Gasteiger partial charge in [-0.2, -0.15) is 0 Å². The number of rotatable bonds is 3. The normalized spacial score (nSPS) is 25.1. The first kappa shape index (κ1) is 15.3. The number of β-amino-alcohol motifs (C(OH)–C–C–N with tert-alkyl or cyclic N) is 1. The fourth-order valence-corrected chi connectivity index (χ4v) is 5.21. The molecule has 2 aromatic heterocycles. The van der Waals surface area contributed by atoms with E-state index in [0.717, 1.165) is 67.3 Å². The molecule has 5 nitrogen and oxygen atoms in total. The van der Waals surface area contributed by atoms with Crippen molar-refractivity contribution in [3.63, 3.8) is 0 Å². The van der Waals surface area contributed by atoms with Gasteiger partial charge in [0.15, 0.2) is 0 Å². The Morgan fingerprint density at radius 2 is 2.22 bits per heavy atom. The van der Waals surface area contributed by atoms with Crippen LogP contribution in [0.2, 0.25) is 0 Å². The average Bonchev–Trinajstić information content (AvgIpc) is 3.07. The lowest BCUT2D eigenvalue weighted by molar-refractivity contribution is 0.176. The number of anilines is 1. The zero-order chi connectivity index (χ0) is 16.0. The summed E-state index contributed by atoms with van der Waals surface area (Å²) in [4.78, 5) is 14.1. The summed E-state index contributed by atoms with van der Waals surface area (Å²) in [6.45, 7) is 4.94. The molecule has 3 heterocycles. The van der Waals surface area contributed by atoms with Crippen LogP contribution in [0.3, 0.4) is 0 Å². The molecule has 124 valence electrons. The lowest BCUT2D eigenvalue weighted by Crippen LogP contribution is -2.25. The molecule has 0 saturated carbocycles. The van der Waals surface area contributed by atoms with Crippen molar-refractivity contribution < 1.29 is 5.11 Å². The molecule has 2 aromatic rings. The van der Waals surface area contributed by atoms with E-state index in [0.29, 0.717) is 5.82 Å². The fourth-order valence-electron chi connectivity index (χ4n) is 3.80. The van der Waals surface area contributed by atoms with E-state index in [1.54, 1.807) is 11.3 Å². The Labute approximate surface area is 140 Å². The van der Waals surface area contributed by atoms with Crippen LogP contribution in [0.15, 0.2) is 0 Å². The number of aliphatic hydroxyl groups is 1. The van der Waals surface area contributed by atoms with E-state index in [-0.39, 0.29) is 6.10 Å². The molecule has 2 aliphatic rings. The number of thiophene rings is 1. The first-order chi connectivity index (χ1) is 11.1. The van der Waals surface area contributed by atoms with E-state index in [4.69, 9.17) is 10.7 Å². The molecule has 2 atom stereocenters. The van der Waals surface area contributed by atoms with Gasteiger partial charge in [0.2, 0.25) is 0 Å². The number of fused-ring (bicyclic) bond motifs is 3. The average molecular weight is 332 g/mol. The van der Waals surface area contributed by atoms with Gasteiger partial charge in [0, 0.05) is 30.9 Å². The third kappa shape index (κ3) is 2.95. The number of likely N-dealkylation sites (tertiary alicyclic amines) is 1. The summed E-state index contributed by atoms with van der Waals surface area (Å²) in [7, 11) is 0. The number of aromatic nitrogens is 2. The number of nitrogens with zero attached hydrogens (tertiary/aromatic N) is 3. The molecule has 3 N–H and O–H groups in total. The number of nitrogens with two attached hydrogens (primary N) is 1. The number of nitrogen functional groups attached to an aromatic ring is 1. The Bertz CT molecular complexity index is 729. The van der Waals surface area contributed by atoms with E-state index in [1.165, 1.54) is 16.9 Å². The summed E-state index contributed by atoms with van der Waals surface area (Å²) in [6.07, 6.45) is 4.99. The summed E-state index contributed by atoms with van der Waals surface area (Å²) in [6, 6.07) is 0. The quantitative estimate of drug-likeness (QED) is 0.899. The van der Waals surface area contributed by atoms with Gasteiger partial charge in [0.25, 0.3) is 0 Å². The van der Waals surface area contributed by atoms with Gasteiger partial charge in [0.05, 0.1) is 11.5 Å². The molecule has 6 heteroatoms. The fraction of sp³-hybridized carbons (Fsp3) is 0.647. The van der Waals surface area contributed by atoms with Gasteiger partial charge in [-0.15, -0.1) is 11.3 Å². The second-order valence-electron chi connectivity index (χ2n) is 7.05. The largest absolute Gasteiger partial charge is 0.392 e. The second-order valence-corrected chi connectivity index (χ2v) is 8.13. The molecular weight excluding hydrogens is 308 g/mol. The molecule has 0 bridgehead atoms. The van der Waals surface area contributed by atoms with Crippen molar-refractivity contribution in [2.24, 2.45) is 5.92 Å². The van der Waals surface area contributed by atoms with Crippen LogP contribution in [0, 0.1) is 5.92 Å². The first-order valence-corrected chi connectivity index (χ1v) is 9.39. The molecule has 1 aliphatic carbocycles. The van der Waals surface area contributed by atoms with E-state index < -0.39 is 0 Å². The molecule has 1 saturated heterocycles. The van der Waals surface area contributed by atoms with E-state index >= 15 is 0 Å². The maximum atomic E-state index is 9.61. The number of hydrogen-bond acceptors (Lipinski definition) is 6. The Morgan fingerprint density at radius 1 is 1.35 bits per heavy atom. The third-order valence-electron chi connectivity index (χ3n) is 5.13. The van der Waals surface area contributed by atoms with Crippen LogP contribution in [0.5, 0.6) is 0 Å². The van der Waals surface area contributed by atoms with Crippen molar-refractivity contribution in [2.75, 3.05) is 25.4 Å². The summed E-state index contributed by atoms with van der Waals surface area (Å²) in [5.41, 5.74) is 7.67. The van der Waals surface area contributed by atoms with Gasteiger partial charge in [0.1, 0.15) is 16.5 Å². The molecule has 1 fully saturated rings. The molecule has 0 amide bonds. The molecule has 4 rings (SSSR count). The predicted molar refractivity (Wildman–Crippen MR) is 93.8 cm³/mol. The third-order valence-corrected chi connectivity index (χ3v) is 6.28. The highest BCUT2D eigenvalue weighted by Gasteiger charge is 2.24. The Balaban J connectivity index is 1.57. The molecule has 1 aliphatic heterocycles. The van der Waals surface area contributed by atoms with Gasteiger partial charge in [-0.3, -0.25) is 0 Å². The highest BCUT2D eigenvalue weighted by Crippen LogP contribution is 2.39. The van der Waals surface area contributed by atoms with Crippen LogP contribution < -0.4 is 5.73 Å². The van der Waals surface area contributed by atoms with E-state index in [1.807, 2.05) is 0 Å². The summed E-state index contributed by atoms with van der Waals surface area (Å²) in [5, 5.41) is 10.7. The molecular formula is C17H24N4OS. The molecule has 2 unspecified atom stereocenters. The van der Waals surface area contributed by atoms with Crippen molar-refractivity contribution in [3.8, 4) is 0 Å². The highest BCUT2D eigenvalue weighted by molar-refractivity contribution is 7.19. The maximum Gasteiger partial charge on any atom is 0.136 e. The zero-order valence-electron chi connectivity index (χ0n) is 13.6. The van der Waals surface area contributed by atoms with Crippen LogP contribution in [0.25, 0.3) is 10.2 Å². The highest BCUT2D eigenvalue weighted by atomic mass is 32.1. The minimum atomic E-state index is -0.172. The maximum absolute atomic E-state index is 9.61. The molecule has 0 spiro atoms. The minimum Gasteiger partial charge on any atom is -0.392 e. The monoisotopic (exact) mass is 332 g/mol. The SMILES string of the molecule is CC1CCc2c(sc3nc(CCN4CCC(O)C4)nc(N)c23)C1.